The van der Waals surface area contributed by atoms with Gasteiger partial charge in [-0.1, -0.05) is 31.5 Å². The Morgan fingerprint density at radius 3 is 2.53 bits per heavy atom. The number of unbranched alkanes of at least 4 members (excludes halogenated alkanes) is 1. The maximum absolute atomic E-state index is 5.45. The van der Waals surface area contributed by atoms with Crippen molar-refractivity contribution < 1.29 is 4.74 Å². The first-order valence-electron chi connectivity index (χ1n) is 6.46. The molecule has 96 valence electrons. The minimum absolute atomic E-state index is 0.598. The molecule has 1 rings (SSSR count). The molecule has 0 bridgehead atoms. The Kier molecular flexibility index (Phi) is 7.43. The molecule has 3 nitrogen and oxygen atoms in total. The average Bonchev–Trinajstić information content (AvgIpc) is 2.39. The third-order valence-electron chi connectivity index (χ3n) is 2.67. The zero-order valence-electron chi connectivity index (χ0n) is 10.8. The van der Waals surface area contributed by atoms with Gasteiger partial charge in [0.15, 0.2) is 0 Å². The Morgan fingerprint density at radius 1 is 1.12 bits per heavy atom. The lowest BCUT2D eigenvalue weighted by Crippen LogP contribution is -2.29. The van der Waals surface area contributed by atoms with Crippen molar-refractivity contribution in [1.82, 2.24) is 0 Å². The van der Waals surface area contributed by atoms with Crippen LogP contribution < -0.4 is 10.6 Å². The number of benzene rings is 1. The molecule has 0 unspecified atom stereocenters. The normalized spacial score (nSPS) is 10.5. The maximum Gasteiger partial charge on any atom is 0.0642 e. The largest absolute Gasteiger partial charge is 0.378 e. The van der Waals surface area contributed by atoms with Crippen molar-refractivity contribution in [1.29, 1.82) is 0 Å². The summed E-state index contributed by atoms with van der Waals surface area (Å²) in [6.45, 7) is 6.23. The van der Waals surface area contributed by atoms with Crippen LogP contribution in [-0.4, -0.2) is 32.8 Å². The van der Waals surface area contributed by atoms with Gasteiger partial charge in [-0.05, 0) is 18.6 Å². The summed E-state index contributed by atoms with van der Waals surface area (Å²) in [7, 11) is 0. The number of anilines is 1. The molecule has 0 amide bonds. The molecule has 0 saturated heterocycles. The monoisotopic (exact) mass is 236 g/mol. The van der Waals surface area contributed by atoms with Crippen molar-refractivity contribution in [2.45, 2.75) is 19.8 Å². The fourth-order valence-electron chi connectivity index (χ4n) is 1.72. The predicted molar refractivity (Wildman–Crippen MR) is 73.4 cm³/mol. The van der Waals surface area contributed by atoms with Gasteiger partial charge in [-0.15, -0.1) is 0 Å². The van der Waals surface area contributed by atoms with Crippen LogP contribution in [0.2, 0.25) is 0 Å². The molecule has 0 heterocycles. The highest BCUT2D eigenvalue weighted by Gasteiger charge is 2.04. The molecule has 0 atom stereocenters. The Hall–Kier alpha value is -1.06. The molecule has 0 fully saturated rings. The van der Waals surface area contributed by atoms with E-state index in [1.165, 1.54) is 18.5 Å². The van der Waals surface area contributed by atoms with E-state index in [0.29, 0.717) is 13.2 Å². The van der Waals surface area contributed by atoms with Crippen LogP contribution in [0.1, 0.15) is 19.8 Å². The van der Waals surface area contributed by atoms with Crippen LogP contribution in [0.25, 0.3) is 0 Å². The second-order valence-corrected chi connectivity index (χ2v) is 4.08. The summed E-state index contributed by atoms with van der Waals surface area (Å²) in [6.07, 6.45) is 2.43. The summed E-state index contributed by atoms with van der Waals surface area (Å²) in [4.78, 5) is 2.38. The first-order chi connectivity index (χ1) is 8.38. The molecule has 1 aromatic carbocycles. The number of hydrogen-bond donors (Lipinski definition) is 1. The van der Waals surface area contributed by atoms with Crippen molar-refractivity contribution in [3.8, 4) is 0 Å². The molecule has 2 N–H and O–H groups in total. The lowest BCUT2D eigenvalue weighted by atomic mass is 10.2. The van der Waals surface area contributed by atoms with E-state index in [1.54, 1.807) is 0 Å². The summed E-state index contributed by atoms with van der Waals surface area (Å²) in [6, 6.07) is 10.5. The molecule has 17 heavy (non-hydrogen) atoms. The minimum Gasteiger partial charge on any atom is -0.378 e. The van der Waals surface area contributed by atoms with Gasteiger partial charge >= 0.3 is 0 Å². The molecule has 0 spiro atoms. The molecule has 0 aliphatic heterocycles. The standard InChI is InChI=1S/C14H24N2O/c1-2-3-10-16(11-13-17-12-9-15)14-7-5-4-6-8-14/h4-8H,2-3,9-13,15H2,1H3. The Balaban J connectivity index is 2.43. The summed E-state index contributed by atoms with van der Waals surface area (Å²) in [5, 5.41) is 0. The van der Waals surface area contributed by atoms with E-state index in [-0.39, 0.29) is 0 Å². The van der Waals surface area contributed by atoms with Gasteiger partial charge in [-0.3, -0.25) is 0 Å². The van der Waals surface area contributed by atoms with Crippen LogP contribution in [0.4, 0.5) is 5.69 Å². The van der Waals surface area contributed by atoms with Crippen LogP contribution in [0, 0.1) is 0 Å². The minimum atomic E-state index is 0.598. The van der Waals surface area contributed by atoms with Crippen molar-refractivity contribution in [3.63, 3.8) is 0 Å². The van der Waals surface area contributed by atoms with Gasteiger partial charge in [0.1, 0.15) is 0 Å². The van der Waals surface area contributed by atoms with Gasteiger partial charge in [0.2, 0.25) is 0 Å². The number of para-hydroxylation sites is 1. The van der Waals surface area contributed by atoms with Gasteiger partial charge in [-0.25, -0.2) is 0 Å². The highest BCUT2D eigenvalue weighted by atomic mass is 16.5. The molecule has 3 heteroatoms. The van der Waals surface area contributed by atoms with Crippen molar-refractivity contribution in [2.75, 3.05) is 37.7 Å². The molecular formula is C14H24N2O. The third kappa shape index (κ3) is 5.71. The Morgan fingerprint density at radius 2 is 1.88 bits per heavy atom. The summed E-state index contributed by atoms with van der Waals surface area (Å²) < 4.78 is 5.45. The topological polar surface area (TPSA) is 38.5 Å². The number of hydrogen-bond acceptors (Lipinski definition) is 3. The fraction of sp³-hybridized carbons (Fsp3) is 0.571. The highest BCUT2D eigenvalue weighted by Crippen LogP contribution is 2.13. The van der Waals surface area contributed by atoms with E-state index in [0.717, 1.165) is 19.7 Å². The van der Waals surface area contributed by atoms with Crippen LogP contribution in [-0.2, 0) is 4.74 Å². The van der Waals surface area contributed by atoms with E-state index in [4.69, 9.17) is 10.5 Å². The quantitative estimate of drug-likeness (QED) is 0.668. The number of nitrogens with two attached hydrogens (primary N) is 1. The van der Waals surface area contributed by atoms with E-state index in [1.807, 2.05) is 6.07 Å². The molecule has 0 aliphatic rings. The molecule has 0 aromatic heterocycles. The molecule has 0 aliphatic carbocycles. The van der Waals surface area contributed by atoms with Gasteiger partial charge in [0.05, 0.1) is 13.2 Å². The van der Waals surface area contributed by atoms with Crippen molar-refractivity contribution in [3.05, 3.63) is 30.3 Å². The fourth-order valence-corrected chi connectivity index (χ4v) is 1.72. The molecular weight excluding hydrogens is 212 g/mol. The Bertz CT molecular complexity index is 277. The summed E-state index contributed by atoms with van der Waals surface area (Å²) in [5.74, 6) is 0. The SMILES string of the molecule is CCCCN(CCOCCN)c1ccccc1. The lowest BCUT2D eigenvalue weighted by molar-refractivity contribution is 0.147. The van der Waals surface area contributed by atoms with Gasteiger partial charge in [0.25, 0.3) is 0 Å². The van der Waals surface area contributed by atoms with Crippen LogP contribution >= 0.6 is 0 Å². The zero-order valence-corrected chi connectivity index (χ0v) is 10.8. The van der Waals surface area contributed by atoms with E-state index in [9.17, 15) is 0 Å². The second kappa shape index (κ2) is 9.02. The second-order valence-electron chi connectivity index (χ2n) is 4.08. The number of nitrogens with zero attached hydrogens (tertiary/aromatic N) is 1. The van der Waals surface area contributed by atoms with Crippen LogP contribution in [0.3, 0.4) is 0 Å². The van der Waals surface area contributed by atoms with Crippen LogP contribution in [0.15, 0.2) is 30.3 Å². The third-order valence-corrected chi connectivity index (χ3v) is 2.67. The van der Waals surface area contributed by atoms with Gasteiger partial charge in [-0.2, -0.15) is 0 Å². The molecule has 0 saturated carbocycles. The number of rotatable bonds is 9. The lowest BCUT2D eigenvalue weighted by Gasteiger charge is -2.24. The predicted octanol–water partition coefficient (Wildman–Crippen LogP) is 2.27. The zero-order chi connectivity index (χ0) is 12.3. The van der Waals surface area contributed by atoms with Crippen molar-refractivity contribution >= 4 is 5.69 Å². The first-order valence-corrected chi connectivity index (χ1v) is 6.46. The van der Waals surface area contributed by atoms with Gasteiger partial charge in [0, 0.05) is 25.3 Å². The summed E-state index contributed by atoms with van der Waals surface area (Å²) in [5.41, 5.74) is 6.67. The molecule has 1 aromatic rings. The molecule has 0 radical (unpaired) electrons. The first kappa shape index (κ1) is 14.0. The van der Waals surface area contributed by atoms with Crippen molar-refractivity contribution in [2.24, 2.45) is 5.73 Å². The highest BCUT2D eigenvalue weighted by molar-refractivity contribution is 5.45. The van der Waals surface area contributed by atoms with E-state index in [2.05, 4.69) is 36.1 Å². The van der Waals surface area contributed by atoms with E-state index >= 15 is 0 Å². The average molecular weight is 236 g/mol. The van der Waals surface area contributed by atoms with E-state index < -0.39 is 0 Å². The summed E-state index contributed by atoms with van der Waals surface area (Å²) >= 11 is 0. The number of ether oxygens (including phenoxy) is 1. The van der Waals surface area contributed by atoms with Crippen LogP contribution in [0.5, 0.6) is 0 Å². The van der Waals surface area contributed by atoms with Gasteiger partial charge < -0.3 is 15.4 Å². The smallest absolute Gasteiger partial charge is 0.0642 e. The maximum atomic E-state index is 5.45. The Labute approximate surface area is 105 Å².